The van der Waals surface area contributed by atoms with Crippen LogP contribution in [-0.2, 0) is 46.5 Å². The molecule has 0 saturated heterocycles. The summed E-state index contributed by atoms with van der Waals surface area (Å²) in [5.74, 6) is 0.589. The second-order valence-corrected chi connectivity index (χ2v) is 14.3. The zero-order valence-corrected chi connectivity index (χ0v) is 33.0. The van der Waals surface area contributed by atoms with E-state index in [0.717, 1.165) is 95.3 Å². The highest BCUT2D eigenvalue weighted by Gasteiger charge is 2.28. The number of carbonyl (C=O) groups is 1. The highest BCUT2D eigenvalue weighted by molar-refractivity contribution is 5.87. The van der Waals surface area contributed by atoms with Crippen molar-refractivity contribution in [3.8, 4) is 5.75 Å². The largest absolute Gasteiger partial charge is 0.489 e. The van der Waals surface area contributed by atoms with Crippen molar-refractivity contribution in [2.75, 3.05) is 32.9 Å². The number of rotatable bonds is 24. The third kappa shape index (κ3) is 13.1. The van der Waals surface area contributed by atoms with E-state index in [-0.39, 0.29) is 18.3 Å². The number of benzene rings is 3. The van der Waals surface area contributed by atoms with Gasteiger partial charge in [-0.1, -0.05) is 98.6 Å². The number of pyridine rings is 1. The molecule has 0 amide bonds. The van der Waals surface area contributed by atoms with E-state index in [2.05, 4.69) is 96.8 Å². The van der Waals surface area contributed by atoms with Gasteiger partial charge in [-0.15, -0.1) is 0 Å². The van der Waals surface area contributed by atoms with Crippen molar-refractivity contribution in [2.45, 2.75) is 117 Å². The molecule has 0 spiro atoms. The second-order valence-electron chi connectivity index (χ2n) is 14.3. The Kier molecular flexibility index (Phi) is 17.5. The van der Waals surface area contributed by atoms with E-state index < -0.39 is 0 Å². The van der Waals surface area contributed by atoms with Crippen molar-refractivity contribution in [1.29, 1.82) is 0 Å². The molecule has 1 aliphatic carbocycles. The zero-order valence-electron chi connectivity index (χ0n) is 33.0. The summed E-state index contributed by atoms with van der Waals surface area (Å²) in [5, 5.41) is 0. The van der Waals surface area contributed by atoms with Crippen molar-refractivity contribution in [2.24, 2.45) is 0 Å². The fourth-order valence-corrected chi connectivity index (χ4v) is 7.36. The fraction of sp³-hybridized carbons (Fsp3) is 0.489. The Bertz CT molecular complexity index is 1660. The van der Waals surface area contributed by atoms with E-state index >= 15 is 0 Å². The first-order valence-electron chi connectivity index (χ1n) is 20.5. The summed E-state index contributed by atoms with van der Waals surface area (Å²) in [6, 6.07) is 32.2. The SMILES string of the molecule is CCCCCOC(CCCCN(CCc1ccccc1OCc1ccc(CCc2ccccc2)cc1)C1CCCc2nc(C(=O)OCC)ccc21)OCC. The van der Waals surface area contributed by atoms with Crippen LogP contribution in [0.25, 0.3) is 0 Å². The molecule has 7 heteroatoms. The first kappa shape index (κ1) is 41.1. The lowest BCUT2D eigenvalue weighted by Crippen LogP contribution is -2.34. The summed E-state index contributed by atoms with van der Waals surface area (Å²) in [5.41, 5.74) is 7.74. The number of ether oxygens (including phenoxy) is 4. The van der Waals surface area contributed by atoms with Crippen molar-refractivity contribution in [3.05, 3.63) is 130 Å². The average molecular weight is 735 g/mol. The normalized spacial score (nSPS) is 14.5. The lowest BCUT2D eigenvalue weighted by atomic mass is 9.89. The van der Waals surface area contributed by atoms with Crippen LogP contribution in [0.1, 0.15) is 122 Å². The molecule has 0 N–H and O–H groups in total. The van der Waals surface area contributed by atoms with Gasteiger partial charge in [0.25, 0.3) is 0 Å². The van der Waals surface area contributed by atoms with E-state index in [1.165, 1.54) is 40.7 Å². The molecule has 290 valence electrons. The number of aromatic nitrogens is 1. The van der Waals surface area contributed by atoms with Crippen molar-refractivity contribution in [1.82, 2.24) is 9.88 Å². The number of carbonyl (C=O) groups excluding carboxylic acids is 1. The van der Waals surface area contributed by atoms with Gasteiger partial charge in [0.1, 0.15) is 18.1 Å². The van der Waals surface area contributed by atoms with Gasteiger partial charge in [-0.25, -0.2) is 9.78 Å². The molecule has 0 aliphatic heterocycles. The minimum atomic E-state index is -0.351. The van der Waals surface area contributed by atoms with Gasteiger partial charge in [-0.2, -0.15) is 0 Å². The summed E-state index contributed by atoms with van der Waals surface area (Å²) < 4.78 is 23.8. The Hall–Kier alpha value is -4.04. The predicted octanol–water partition coefficient (Wildman–Crippen LogP) is 10.3. The Morgan fingerprint density at radius 3 is 2.30 bits per heavy atom. The number of aryl methyl sites for hydroxylation is 3. The molecule has 0 saturated carbocycles. The van der Waals surface area contributed by atoms with Crippen molar-refractivity contribution < 1.29 is 23.7 Å². The summed E-state index contributed by atoms with van der Waals surface area (Å²) >= 11 is 0. The van der Waals surface area contributed by atoms with Gasteiger partial charge in [0.2, 0.25) is 0 Å². The van der Waals surface area contributed by atoms with Crippen LogP contribution in [0.15, 0.2) is 91.0 Å². The van der Waals surface area contributed by atoms with Gasteiger partial charge in [0.15, 0.2) is 6.29 Å². The van der Waals surface area contributed by atoms with E-state index in [1.807, 2.05) is 19.9 Å². The van der Waals surface area contributed by atoms with Crippen LogP contribution >= 0.6 is 0 Å². The van der Waals surface area contributed by atoms with Crippen molar-refractivity contribution in [3.63, 3.8) is 0 Å². The number of esters is 1. The van der Waals surface area contributed by atoms with Crippen LogP contribution in [0.2, 0.25) is 0 Å². The van der Waals surface area contributed by atoms with Gasteiger partial charge >= 0.3 is 5.97 Å². The van der Waals surface area contributed by atoms with Gasteiger partial charge < -0.3 is 18.9 Å². The number of hydrogen-bond donors (Lipinski definition) is 0. The van der Waals surface area contributed by atoms with Crippen LogP contribution in [0, 0.1) is 0 Å². The van der Waals surface area contributed by atoms with Crippen LogP contribution in [-0.4, -0.2) is 55.1 Å². The average Bonchev–Trinajstić information content (AvgIpc) is 3.21. The van der Waals surface area contributed by atoms with E-state index in [1.54, 1.807) is 0 Å². The zero-order chi connectivity index (χ0) is 37.8. The number of hydrogen-bond acceptors (Lipinski definition) is 7. The fourth-order valence-electron chi connectivity index (χ4n) is 7.36. The molecule has 4 aromatic rings. The van der Waals surface area contributed by atoms with Gasteiger partial charge in [-0.05, 0) is 125 Å². The smallest absolute Gasteiger partial charge is 0.356 e. The quantitative estimate of drug-likeness (QED) is 0.0403. The lowest BCUT2D eigenvalue weighted by Gasteiger charge is -2.36. The Morgan fingerprint density at radius 2 is 1.52 bits per heavy atom. The minimum absolute atomic E-state index is 0.143. The molecule has 0 radical (unpaired) electrons. The summed E-state index contributed by atoms with van der Waals surface area (Å²) in [6.07, 6.45) is 12.2. The molecule has 7 nitrogen and oxygen atoms in total. The first-order chi connectivity index (χ1) is 26.6. The molecule has 5 rings (SSSR count). The predicted molar refractivity (Wildman–Crippen MR) is 217 cm³/mol. The molecule has 1 heterocycles. The molecular weight excluding hydrogens is 673 g/mol. The van der Waals surface area contributed by atoms with Crippen LogP contribution < -0.4 is 4.74 Å². The Balaban J connectivity index is 1.23. The molecular formula is C47H62N2O5. The van der Waals surface area contributed by atoms with Crippen LogP contribution in [0.5, 0.6) is 5.75 Å². The summed E-state index contributed by atoms with van der Waals surface area (Å²) in [6.45, 7) is 10.2. The minimum Gasteiger partial charge on any atom is -0.489 e. The maximum Gasteiger partial charge on any atom is 0.356 e. The van der Waals surface area contributed by atoms with Crippen LogP contribution in [0.3, 0.4) is 0 Å². The molecule has 2 atom stereocenters. The standard InChI is InChI=1S/C47H62N2O5/c1-4-7-15-35-53-46(51-5-2)23-13-14-33-49(44-21-16-20-42-41(44)30-31-43(48-42)47(50)52-6-3)34-32-40-19-11-12-22-45(40)54-36-39-28-26-38(27-29-39)25-24-37-17-9-8-10-18-37/h8-12,17-19,22,26-31,44,46H,4-7,13-16,20-21,23-25,32-36H2,1-3H3. The summed E-state index contributed by atoms with van der Waals surface area (Å²) in [4.78, 5) is 20.0. The highest BCUT2D eigenvalue weighted by atomic mass is 16.7. The maximum absolute atomic E-state index is 12.5. The maximum atomic E-state index is 12.5. The Morgan fingerprint density at radius 1 is 0.759 bits per heavy atom. The lowest BCUT2D eigenvalue weighted by molar-refractivity contribution is -0.144. The van der Waals surface area contributed by atoms with E-state index in [9.17, 15) is 4.79 Å². The third-order valence-electron chi connectivity index (χ3n) is 10.3. The molecule has 0 fully saturated rings. The third-order valence-corrected chi connectivity index (χ3v) is 10.3. The first-order valence-corrected chi connectivity index (χ1v) is 20.5. The molecule has 54 heavy (non-hydrogen) atoms. The van der Waals surface area contributed by atoms with E-state index in [4.69, 9.17) is 23.9 Å². The molecule has 0 bridgehead atoms. The number of unbranched alkanes of at least 4 members (excludes halogenated alkanes) is 3. The Labute approximate surface area is 324 Å². The van der Waals surface area contributed by atoms with E-state index in [0.29, 0.717) is 25.5 Å². The summed E-state index contributed by atoms with van der Waals surface area (Å²) in [7, 11) is 0. The number of nitrogens with zero attached hydrogens (tertiary/aromatic N) is 2. The van der Waals surface area contributed by atoms with Gasteiger partial charge in [0, 0.05) is 31.5 Å². The van der Waals surface area contributed by atoms with Crippen molar-refractivity contribution >= 4 is 5.97 Å². The van der Waals surface area contributed by atoms with Gasteiger partial charge in [0.05, 0.1) is 6.61 Å². The second kappa shape index (κ2) is 23.0. The molecule has 3 aromatic carbocycles. The van der Waals surface area contributed by atoms with Gasteiger partial charge in [-0.3, -0.25) is 4.90 Å². The number of fused-ring (bicyclic) bond motifs is 1. The van der Waals surface area contributed by atoms with Crippen LogP contribution in [0.4, 0.5) is 0 Å². The molecule has 1 aliphatic rings. The topological polar surface area (TPSA) is 70.1 Å². The highest BCUT2D eigenvalue weighted by Crippen LogP contribution is 2.35. The number of para-hydroxylation sites is 1. The monoisotopic (exact) mass is 734 g/mol. The molecule has 1 aromatic heterocycles. The molecule has 2 unspecified atom stereocenters.